The molecule has 0 bridgehead atoms. The number of rotatable bonds is 7. The molecule has 28 heavy (non-hydrogen) atoms. The van der Waals surface area contributed by atoms with E-state index in [2.05, 4.69) is 55.1 Å². The molecule has 0 aliphatic carbocycles. The number of benzene rings is 2. The normalized spacial score (nSPS) is 16.9. The van der Waals surface area contributed by atoms with E-state index in [0.717, 1.165) is 38.2 Å². The predicted octanol–water partition coefficient (Wildman–Crippen LogP) is 3.87. The molecule has 6 heteroatoms. The number of nitrogens with zero attached hydrogens (tertiary/aromatic N) is 2. The van der Waals surface area contributed by atoms with Gasteiger partial charge in [0.25, 0.3) is 0 Å². The van der Waals surface area contributed by atoms with Gasteiger partial charge >= 0.3 is 0 Å². The van der Waals surface area contributed by atoms with Gasteiger partial charge in [0, 0.05) is 38.3 Å². The van der Waals surface area contributed by atoms with Gasteiger partial charge in [-0.25, -0.2) is 12.7 Å². The Morgan fingerprint density at radius 3 is 2.46 bits per heavy atom. The van der Waals surface area contributed by atoms with Gasteiger partial charge in [0.2, 0.25) is 10.0 Å². The number of likely N-dealkylation sites (tertiary alicyclic amines) is 1. The minimum absolute atomic E-state index is 0.0973. The molecule has 0 N–H and O–H groups in total. The smallest absolute Gasteiger partial charge is 0.213 e. The summed E-state index contributed by atoms with van der Waals surface area (Å²) < 4.78 is 32.0. The third kappa shape index (κ3) is 4.67. The van der Waals surface area contributed by atoms with Crippen LogP contribution in [0.1, 0.15) is 39.2 Å². The van der Waals surface area contributed by atoms with Gasteiger partial charge in [-0.05, 0) is 50.5 Å². The van der Waals surface area contributed by atoms with Crippen LogP contribution in [0.15, 0.2) is 36.4 Å². The summed E-state index contributed by atoms with van der Waals surface area (Å²) in [4.78, 5) is 2.41. The first-order valence-electron chi connectivity index (χ1n) is 10.2. The van der Waals surface area contributed by atoms with Gasteiger partial charge in [-0.3, -0.25) is 4.90 Å². The second-order valence-electron chi connectivity index (χ2n) is 7.85. The third-order valence-corrected chi connectivity index (χ3v) is 7.52. The largest absolute Gasteiger partial charge is 0.491 e. The van der Waals surface area contributed by atoms with Crippen LogP contribution < -0.4 is 4.74 Å². The summed E-state index contributed by atoms with van der Waals surface area (Å²) in [6.45, 7) is 8.40. The molecule has 154 valence electrons. The first kappa shape index (κ1) is 21.1. The lowest BCUT2D eigenvalue weighted by atomic mass is 10.0. The number of piperidine rings is 1. The highest BCUT2D eigenvalue weighted by molar-refractivity contribution is 7.89. The van der Waals surface area contributed by atoms with Crippen molar-refractivity contribution in [2.45, 2.75) is 52.3 Å². The molecule has 1 aliphatic heterocycles. The van der Waals surface area contributed by atoms with Crippen LogP contribution in [0.3, 0.4) is 0 Å². The molecule has 3 rings (SSSR count). The highest BCUT2D eigenvalue weighted by Crippen LogP contribution is 2.31. The van der Waals surface area contributed by atoms with E-state index in [4.69, 9.17) is 4.74 Å². The van der Waals surface area contributed by atoms with Crippen molar-refractivity contribution >= 4 is 20.8 Å². The monoisotopic (exact) mass is 404 g/mol. The highest BCUT2D eigenvalue weighted by Gasteiger charge is 2.29. The van der Waals surface area contributed by atoms with Crippen molar-refractivity contribution in [1.82, 2.24) is 9.21 Å². The molecule has 0 unspecified atom stereocenters. The molecule has 1 aliphatic rings. The molecule has 0 atom stereocenters. The highest BCUT2D eigenvalue weighted by atomic mass is 32.2. The Kier molecular flexibility index (Phi) is 6.63. The molecule has 0 aromatic heterocycles. The molecule has 2 aromatic rings. The van der Waals surface area contributed by atoms with Crippen LogP contribution in [-0.4, -0.2) is 55.7 Å². The Labute approximate surface area is 169 Å². The average Bonchev–Trinajstić information content (AvgIpc) is 2.69. The fraction of sp³-hybridized carbons (Fsp3) is 0.545. The van der Waals surface area contributed by atoms with E-state index < -0.39 is 10.0 Å². The van der Waals surface area contributed by atoms with Crippen LogP contribution in [-0.2, 0) is 16.6 Å². The molecule has 0 amide bonds. The van der Waals surface area contributed by atoms with E-state index in [9.17, 15) is 8.42 Å². The van der Waals surface area contributed by atoms with Crippen molar-refractivity contribution in [3.8, 4) is 5.75 Å². The summed E-state index contributed by atoms with van der Waals surface area (Å²) in [6.07, 6.45) is 1.85. The molecule has 1 fully saturated rings. The summed E-state index contributed by atoms with van der Waals surface area (Å²) in [6, 6.07) is 12.7. The van der Waals surface area contributed by atoms with E-state index in [1.54, 1.807) is 18.3 Å². The van der Waals surface area contributed by atoms with Crippen LogP contribution in [0.25, 0.3) is 10.8 Å². The van der Waals surface area contributed by atoms with Gasteiger partial charge in [-0.2, -0.15) is 0 Å². The van der Waals surface area contributed by atoms with E-state index in [1.165, 1.54) is 16.3 Å². The lowest BCUT2D eigenvalue weighted by molar-refractivity contribution is 0.161. The second kappa shape index (κ2) is 8.80. The molecule has 5 nitrogen and oxygen atoms in total. The Morgan fingerprint density at radius 2 is 1.82 bits per heavy atom. The average molecular weight is 405 g/mol. The number of hydrogen-bond donors (Lipinski definition) is 0. The summed E-state index contributed by atoms with van der Waals surface area (Å²) in [7, 11) is -1.41. The molecule has 1 heterocycles. The maximum Gasteiger partial charge on any atom is 0.213 e. The van der Waals surface area contributed by atoms with Crippen LogP contribution in [0.2, 0.25) is 0 Å². The van der Waals surface area contributed by atoms with Crippen molar-refractivity contribution in [2.75, 3.05) is 25.9 Å². The van der Waals surface area contributed by atoms with E-state index >= 15 is 0 Å². The quantitative estimate of drug-likeness (QED) is 0.703. The molecule has 1 saturated heterocycles. The molecular weight excluding hydrogens is 372 g/mol. The van der Waals surface area contributed by atoms with E-state index in [1.807, 2.05) is 0 Å². The zero-order chi connectivity index (χ0) is 20.3. The lowest BCUT2D eigenvalue weighted by Gasteiger charge is -2.36. The number of sulfonamides is 1. The number of ether oxygens (including phenoxy) is 1. The van der Waals surface area contributed by atoms with Crippen LogP contribution in [0.4, 0.5) is 0 Å². The standard InChI is InChI=1S/C22H32N2O3S/c1-5-28(25,26)23(4)19-12-14-24(15-13-19)16-21-20-9-7-6-8-18(20)10-11-22(21)27-17(2)3/h6-11,17,19H,5,12-16H2,1-4H3. The van der Waals surface area contributed by atoms with Crippen LogP contribution in [0, 0.1) is 0 Å². The summed E-state index contributed by atoms with van der Waals surface area (Å²) in [5.41, 5.74) is 1.22. The summed E-state index contributed by atoms with van der Waals surface area (Å²) >= 11 is 0. The second-order valence-corrected chi connectivity index (χ2v) is 10.2. The van der Waals surface area contributed by atoms with E-state index in [0.29, 0.717) is 0 Å². The van der Waals surface area contributed by atoms with Gasteiger partial charge in [0.15, 0.2) is 0 Å². The predicted molar refractivity (Wildman–Crippen MR) is 115 cm³/mol. The first-order valence-corrected chi connectivity index (χ1v) is 11.8. The van der Waals surface area contributed by atoms with Gasteiger partial charge in [-0.1, -0.05) is 30.3 Å². The topological polar surface area (TPSA) is 49.9 Å². The Morgan fingerprint density at radius 1 is 1.14 bits per heavy atom. The molecule has 2 aromatic carbocycles. The van der Waals surface area contributed by atoms with E-state index in [-0.39, 0.29) is 17.9 Å². The fourth-order valence-electron chi connectivity index (χ4n) is 3.94. The summed E-state index contributed by atoms with van der Waals surface area (Å²) in [5.74, 6) is 1.11. The van der Waals surface area contributed by atoms with Crippen molar-refractivity contribution < 1.29 is 13.2 Å². The fourth-order valence-corrected chi connectivity index (χ4v) is 5.01. The minimum atomic E-state index is -3.13. The van der Waals surface area contributed by atoms with Crippen molar-refractivity contribution in [3.05, 3.63) is 42.0 Å². The zero-order valence-corrected chi connectivity index (χ0v) is 18.2. The molecule has 0 spiro atoms. The zero-order valence-electron chi connectivity index (χ0n) is 17.4. The first-order chi connectivity index (χ1) is 13.3. The van der Waals surface area contributed by atoms with Crippen molar-refractivity contribution in [2.24, 2.45) is 0 Å². The number of fused-ring (bicyclic) bond motifs is 1. The maximum absolute atomic E-state index is 12.2. The maximum atomic E-state index is 12.2. The molecular formula is C22H32N2O3S. The van der Waals surface area contributed by atoms with Crippen molar-refractivity contribution in [1.29, 1.82) is 0 Å². The lowest BCUT2D eigenvalue weighted by Crippen LogP contribution is -2.45. The van der Waals surface area contributed by atoms with Gasteiger partial charge in [-0.15, -0.1) is 0 Å². The Bertz CT molecular complexity index is 903. The SMILES string of the molecule is CCS(=O)(=O)N(C)C1CCN(Cc2c(OC(C)C)ccc3ccccc23)CC1. The summed E-state index contributed by atoms with van der Waals surface area (Å²) in [5, 5.41) is 2.45. The molecule has 0 saturated carbocycles. The molecule has 0 radical (unpaired) electrons. The Hall–Kier alpha value is -1.63. The van der Waals surface area contributed by atoms with Crippen LogP contribution in [0.5, 0.6) is 5.75 Å². The van der Waals surface area contributed by atoms with Gasteiger partial charge in [0.05, 0.1) is 11.9 Å². The third-order valence-electron chi connectivity index (χ3n) is 5.62. The van der Waals surface area contributed by atoms with Crippen molar-refractivity contribution in [3.63, 3.8) is 0 Å². The van der Waals surface area contributed by atoms with Crippen LogP contribution >= 0.6 is 0 Å². The van der Waals surface area contributed by atoms with Gasteiger partial charge < -0.3 is 4.74 Å². The number of hydrogen-bond acceptors (Lipinski definition) is 4. The Balaban J connectivity index is 1.77. The van der Waals surface area contributed by atoms with Gasteiger partial charge in [0.1, 0.15) is 5.75 Å². The minimum Gasteiger partial charge on any atom is -0.491 e.